The smallest absolute Gasteiger partial charge is 0.251 e. The van der Waals surface area contributed by atoms with Gasteiger partial charge in [-0.15, -0.1) is 0 Å². The van der Waals surface area contributed by atoms with E-state index >= 15 is 0 Å². The fraction of sp³-hybridized carbons (Fsp3) is 0.158. The molecule has 0 saturated carbocycles. The second-order valence-corrected chi connectivity index (χ2v) is 6.79. The molecule has 1 atom stereocenters. The molecule has 1 fully saturated rings. The Labute approximate surface area is 161 Å². The van der Waals surface area contributed by atoms with Crippen LogP contribution in [0.4, 0.5) is 11.4 Å². The van der Waals surface area contributed by atoms with E-state index in [1.807, 2.05) is 32.0 Å². The van der Waals surface area contributed by atoms with Gasteiger partial charge in [-0.25, -0.2) is 0 Å². The molecule has 0 radical (unpaired) electrons. The van der Waals surface area contributed by atoms with Gasteiger partial charge in [0.2, 0.25) is 5.91 Å². The second-order valence-electron chi connectivity index (χ2n) is 5.99. The largest absolute Gasteiger partial charge is 0.301 e. The zero-order valence-electron chi connectivity index (χ0n) is 14.2. The third-order valence-corrected chi connectivity index (χ3v) is 4.71. The minimum absolute atomic E-state index is 0.0619. The molecule has 3 rings (SSSR count). The van der Waals surface area contributed by atoms with E-state index in [1.54, 1.807) is 24.3 Å². The highest BCUT2D eigenvalue weighted by molar-refractivity contribution is 7.80. The molecular weight excluding hydrogens is 370 g/mol. The lowest BCUT2D eigenvalue weighted by Gasteiger charge is -2.30. The Morgan fingerprint density at radius 2 is 1.85 bits per heavy atom. The zero-order valence-corrected chi connectivity index (χ0v) is 15.8. The van der Waals surface area contributed by atoms with Crippen LogP contribution in [0, 0.1) is 19.8 Å². The average Bonchev–Trinajstić information content (AvgIpc) is 2.59. The monoisotopic (exact) mass is 385 g/mol. The second kappa shape index (κ2) is 7.35. The van der Waals surface area contributed by atoms with Crippen molar-refractivity contribution in [1.82, 2.24) is 5.32 Å². The number of carbonyl (C=O) groups is 2. The number of benzene rings is 2. The summed E-state index contributed by atoms with van der Waals surface area (Å²) in [6, 6.07) is 12.6. The van der Waals surface area contributed by atoms with E-state index < -0.39 is 17.7 Å². The summed E-state index contributed by atoms with van der Waals surface area (Å²) in [6.45, 7) is 3.83. The fourth-order valence-corrected chi connectivity index (χ4v) is 2.95. The molecule has 2 aromatic carbocycles. The van der Waals surface area contributed by atoms with Crippen molar-refractivity contribution in [2.45, 2.75) is 13.8 Å². The van der Waals surface area contributed by atoms with E-state index in [1.165, 1.54) is 11.1 Å². The molecule has 26 heavy (non-hydrogen) atoms. The van der Waals surface area contributed by atoms with Crippen LogP contribution in [0.3, 0.4) is 0 Å². The van der Waals surface area contributed by atoms with Gasteiger partial charge in [0.05, 0.1) is 11.4 Å². The van der Waals surface area contributed by atoms with Gasteiger partial charge in [0.15, 0.2) is 11.0 Å². The Morgan fingerprint density at radius 1 is 1.15 bits per heavy atom. The van der Waals surface area contributed by atoms with E-state index in [2.05, 4.69) is 10.3 Å². The number of halogens is 1. The van der Waals surface area contributed by atoms with E-state index in [0.29, 0.717) is 16.4 Å². The van der Waals surface area contributed by atoms with E-state index in [4.69, 9.17) is 23.8 Å². The summed E-state index contributed by atoms with van der Waals surface area (Å²) < 4.78 is 0. The van der Waals surface area contributed by atoms with E-state index in [-0.39, 0.29) is 5.11 Å². The highest BCUT2D eigenvalue weighted by Gasteiger charge is 2.38. The van der Waals surface area contributed by atoms with Crippen LogP contribution in [0.1, 0.15) is 11.1 Å². The van der Waals surface area contributed by atoms with Crippen molar-refractivity contribution in [3.8, 4) is 0 Å². The number of amides is 2. The zero-order chi connectivity index (χ0) is 18.8. The molecule has 0 unspecified atom stereocenters. The number of thiocarbonyl (C=S) groups is 1. The molecule has 0 bridgehead atoms. The number of hydrogen-bond donors (Lipinski definition) is 1. The van der Waals surface area contributed by atoms with Crippen LogP contribution < -0.4 is 10.2 Å². The molecule has 1 heterocycles. The van der Waals surface area contributed by atoms with Crippen molar-refractivity contribution in [2.75, 3.05) is 4.90 Å². The summed E-state index contributed by atoms with van der Waals surface area (Å²) in [5.74, 6) is -2.00. The molecule has 0 aromatic heterocycles. The molecule has 0 aliphatic carbocycles. The Morgan fingerprint density at radius 3 is 2.50 bits per heavy atom. The third kappa shape index (κ3) is 3.66. The number of nitrogens with one attached hydrogen (secondary N) is 1. The molecule has 1 aliphatic heterocycles. The van der Waals surface area contributed by atoms with Crippen LogP contribution >= 0.6 is 23.8 Å². The topological polar surface area (TPSA) is 61.8 Å². The predicted molar refractivity (Wildman–Crippen MR) is 107 cm³/mol. The summed E-state index contributed by atoms with van der Waals surface area (Å²) >= 11 is 11.3. The number of anilines is 1. The van der Waals surface area contributed by atoms with Crippen LogP contribution in [0.25, 0.3) is 0 Å². The summed E-state index contributed by atoms with van der Waals surface area (Å²) in [5.41, 5.74) is 3.15. The number of rotatable bonds is 3. The quantitative estimate of drug-likeness (QED) is 0.497. The van der Waals surface area contributed by atoms with Crippen molar-refractivity contribution in [2.24, 2.45) is 10.9 Å². The molecule has 1 aliphatic rings. The van der Waals surface area contributed by atoms with Gasteiger partial charge in [-0.05, 0) is 55.9 Å². The highest BCUT2D eigenvalue weighted by atomic mass is 35.5. The SMILES string of the molecule is Cc1ccc(N2C(=O)[C@@H](C=Nc3ccc(C)c(Cl)c3)C(=O)NC2=S)cc1. The average molecular weight is 386 g/mol. The molecular formula is C19H16ClN3O2S. The number of carbonyl (C=O) groups excluding carboxylic acids is 2. The number of nitrogens with zero attached hydrogens (tertiary/aromatic N) is 2. The first-order valence-electron chi connectivity index (χ1n) is 7.92. The molecule has 1 N–H and O–H groups in total. The molecule has 7 heteroatoms. The van der Waals surface area contributed by atoms with Crippen molar-refractivity contribution >= 4 is 58.3 Å². The Bertz CT molecular complexity index is 925. The van der Waals surface area contributed by atoms with E-state index in [9.17, 15) is 9.59 Å². The van der Waals surface area contributed by atoms with Gasteiger partial charge in [0.1, 0.15) is 0 Å². The predicted octanol–water partition coefficient (Wildman–Crippen LogP) is 3.72. The minimum atomic E-state index is -1.07. The normalized spacial score (nSPS) is 17.7. The molecule has 5 nitrogen and oxygen atoms in total. The summed E-state index contributed by atoms with van der Waals surface area (Å²) in [7, 11) is 0. The molecule has 1 saturated heterocycles. The minimum Gasteiger partial charge on any atom is -0.301 e. The molecule has 2 aromatic rings. The van der Waals surface area contributed by atoms with Crippen LogP contribution in [0.5, 0.6) is 0 Å². The lowest BCUT2D eigenvalue weighted by atomic mass is 10.1. The maximum atomic E-state index is 12.8. The number of aryl methyl sites for hydroxylation is 2. The van der Waals surface area contributed by atoms with Crippen molar-refractivity contribution in [1.29, 1.82) is 0 Å². The molecule has 2 amide bonds. The van der Waals surface area contributed by atoms with Gasteiger partial charge in [0.25, 0.3) is 5.91 Å². The van der Waals surface area contributed by atoms with Crippen LogP contribution in [0.15, 0.2) is 47.5 Å². The highest BCUT2D eigenvalue weighted by Crippen LogP contribution is 2.24. The molecule has 0 spiro atoms. The van der Waals surface area contributed by atoms with Crippen molar-refractivity contribution < 1.29 is 9.59 Å². The summed E-state index contributed by atoms with van der Waals surface area (Å²) in [4.78, 5) is 30.6. The van der Waals surface area contributed by atoms with Crippen LogP contribution in [0.2, 0.25) is 5.02 Å². The fourth-order valence-electron chi connectivity index (χ4n) is 2.48. The van der Waals surface area contributed by atoms with Crippen molar-refractivity contribution in [3.63, 3.8) is 0 Å². The van der Waals surface area contributed by atoms with Gasteiger partial charge in [-0.2, -0.15) is 0 Å². The summed E-state index contributed by atoms with van der Waals surface area (Å²) in [5, 5.41) is 3.19. The first-order valence-corrected chi connectivity index (χ1v) is 8.71. The lowest BCUT2D eigenvalue weighted by Crippen LogP contribution is -2.58. The standard InChI is InChI=1S/C19H16ClN3O2S/c1-11-3-7-14(8-4-11)23-18(25)15(17(24)22-19(23)26)10-21-13-6-5-12(2)16(20)9-13/h3-10,15H,1-2H3,(H,22,24,26)/t15-/m0/s1. The Hall–Kier alpha value is -2.57. The lowest BCUT2D eigenvalue weighted by molar-refractivity contribution is -0.130. The first-order chi connectivity index (χ1) is 12.4. The van der Waals surface area contributed by atoms with Gasteiger partial charge < -0.3 is 5.32 Å². The van der Waals surface area contributed by atoms with Gasteiger partial charge in [-0.1, -0.05) is 35.4 Å². The van der Waals surface area contributed by atoms with Gasteiger partial charge >= 0.3 is 0 Å². The maximum Gasteiger partial charge on any atom is 0.251 e. The van der Waals surface area contributed by atoms with Crippen LogP contribution in [-0.2, 0) is 9.59 Å². The molecule has 132 valence electrons. The number of aliphatic imine (C=N–C) groups is 1. The van der Waals surface area contributed by atoms with Gasteiger partial charge in [0, 0.05) is 11.2 Å². The van der Waals surface area contributed by atoms with E-state index in [0.717, 1.165) is 11.1 Å². The first kappa shape index (κ1) is 18.2. The summed E-state index contributed by atoms with van der Waals surface area (Å²) in [6.07, 6.45) is 1.32. The van der Waals surface area contributed by atoms with Crippen molar-refractivity contribution in [3.05, 3.63) is 58.6 Å². The number of hydrogen-bond acceptors (Lipinski definition) is 4. The van der Waals surface area contributed by atoms with Crippen LogP contribution in [-0.4, -0.2) is 23.1 Å². The Kier molecular flexibility index (Phi) is 5.15. The maximum absolute atomic E-state index is 12.8. The third-order valence-electron chi connectivity index (χ3n) is 4.02. The van der Waals surface area contributed by atoms with Gasteiger partial charge in [-0.3, -0.25) is 19.5 Å². The Balaban J connectivity index is 1.88.